The van der Waals surface area contributed by atoms with Crippen molar-refractivity contribution < 1.29 is 0 Å². The highest BCUT2D eigenvalue weighted by Gasteiger charge is 2.07. The topological polar surface area (TPSA) is 71.6 Å². The number of rotatable bonds is 2. The quantitative estimate of drug-likeness (QED) is 0.718. The van der Waals surface area contributed by atoms with Gasteiger partial charge in [-0.15, -0.1) is 0 Å². The zero-order chi connectivity index (χ0) is 14.7. The Morgan fingerprint density at radius 3 is 2.57 bits per heavy atom. The van der Waals surface area contributed by atoms with Gasteiger partial charge in [-0.2, -0.15) is 5.26 Å². The summed E-state index contributed by atoms with van der Waals surface area (Å²) in [5.74, 6) is 0. The summed E-state index contributed by atoms with van der Waals surface area (Å²) >= 11 is 0. The van der Waals surface area contributed by atoms with Crippen LogP contribution in [0.1, 0.15) is 5.56 Å². The van der Waals surface area contributed by atoms with Crippen LogP contribution in [0.3, 0.4) is 0 Å². The Morgan fingerprint density at radius 1 is 1.05 bits per heavy atom. The third kappa shape index (κ3) is 2.42. The van der Waals surface area contributed by atoms with E-state index in [1.165, 1.54) is 17.0 Å². The molecule has 100 valence electrons. The second-order valence-electron chi connectivity index (χ2n) is 4.38. The number of nitrogens with zero attached hydrogens (tertiary/aromatic N) is 4. The van der Waals surface area contributed by atoms with Gasteiger partial charge in [0.25, 0.3) is 5.56 Å². The SMILES string of the molecule is N#Cc1ccccc1-c1ccc(=O)n(-c2cncnc2)c1. The number of nitriles is 1. The highest BCUT2D eigenvalue weighted by molar-refractivity contribution is 5.69. The van der Waals surface area contributed by atoms with Crippen molar-refractivity contribution in [3.63, 3.8) is 0 Å². The first-order valence-electron chi connectivity index (χ1n) is 6.27. The van der Waals surface area contributed by atoms with Gasteiger partial charge in [0.1, 0.15) is 6.33 Å². The molecule has 1 aromatic carbocycles. The molecular weight excluding hydrogens is 264 g/mol. The van der Waals surface area contributed by atoms with Crippen molar-refractivity contribution in [1.29, 1.82) is 5.26 Å². The summed E-state index contributed by atoms with van der Waals surface area (Å²) in [6, 6.07) is 12.6. The molecule has 0 saturated heterocycles. The summed E-state index contributed by atoms with van der Waals surface area (Å²) in [6.07, 6.45) is 6.23. The van der Waals surface area contributed by atoms with E-state index in [9.17, 15) is 10.1 Å². The Balaban J connectivity index is 2.19. The van der Waals surface area contributed by atoms with Crippen molar-refractivity contribution in [3.05, 3.63) is 77.2 Å². The molecule has 0 aliphatic heterocycles. The molecule has 0 amide bonds. The minimum absolute atomic E-state index is 0.178. The molecule has 0 saturated carbocycles. The molecule has 0 radical (unpaired) electrons. The molecule has 0 unspecified atom stereocenters. The summed E-state index contributed by atoms with van der Waals surface area (Å²) < 4.78 is 1.46. The first kappa shape index (κ1) is 12.8. The molecule has 5 nitrogen and oxygen atoms in total. The van der Waals surface area contributed by atoms with E-state index in [0.717, 1.165) is 11.1 Å². The first-order valence-corrected chi connectivity index (χ1v) is 6.27. The second-order valence-corrected chi connectivity index (χ2v) is 4.38. The number of pyridine rings is 1. The van der Waals surface area contributed by atoms with Crippen LogP contribution in [0.5, 0.6) is 0 Å². The lowest BCUT2D eigenvalue weighted by Gasteiger charge is -2.08. The molecule has 0 bridgehead atoms. The molecule has 0 atom stereocenters. The number of hydrogen-bond donors (Lipinski definition) is 0. The first-order chi connectivity index (χ1) is 10.3. The highest BCUT2D eigenvalue weighted by Crippen LogP contribution is 2.22. The Bertz CT molecular complexity index is 879. The molecule has 0 fully saturated rings. The van der Waals surface area contributed by atoms with Crippen molar-refractivity contribution in [1.82, 2.24) is 14.5 Å². The monoisotopic (exact) mass is 274 g/mol. The zero-order valence-corrected chi connectivity index (χ0v) is 11.0. The van der Waals surface area contributed by atoms with Crippen LogP contribution in [0.25, 0.3) is 16.8 Å². The maximum absolute atomic E-state index is 12.0. The van der Waals surface area contributed by atoms with E-state index in [0.29, 0.717) is 11.3 Å². The van der Waals surface area contributed by atoms with Crippen LogP contribution in [-0.2, 0) is 0 Å². The summed E-state index contributed by atoms with van der Waals surface area (Å²) in [4.78, 5) is 19.8. The van der Waals surface area contributed by atoms with Gasteiger partial charge in [0, 0.05) is 17.8 Å². The second kappa shape index (κ2) is 5.39. The minimum Gasteiger partial charge on any atom is -0.281 e. The van der Waals surface area contributed by atoms with Crippen molar-refractivity contribution in [2.24, 2.45) is 0 Å². The molecule has 0 spiro atoms. The fourth-order valence-electron chi connectivity index (χ4n) is 2.10. The lowest BCUT2D eigenvalue weighted by molar-refractivity contribution is 0.959. The molecule has 2 heterocycles. The summed E-state index contributed by atoms with van der Waals surface area (Å²) in [6.45, 7) is 0. The molecule has 0 aliphatic rings. The standard InChI is InChI=1S/C16H10N4O/c17-7-12-3-1-2-4-15(12)13-5-6-16(21)20(10-13)14-8-18-11-19-9-14/h1-6,8-11H. The number of benzene rings is 1. The van der Waals surface area contributed by atoms with Crippen LogP contribution in [0.2, 0.25) is 0 Å². The zero-order valence-electron chi connectivity index (χ0n) is 11.0. The van der Waals surface area contributed by atoms with E-state index >= 15 is 0 Å². The average Bonchev–Trinajstić information content (AvgIpc) is 2.56. The Hall–Kier alpha value is -3.26. The molecule has 3 rings (SSSR count). The normalized spacial score (nSPS) is 10.0. The molecule has 3 aromatic rings. The fraction of sp³-hybridized carbons (Fsp3) is 0. The number of hydrogen-bond acceptors (Lipinski definition) is 4. The highest BCUT2D eigenvalue weighted by atomic mass is 16.1. The van der Waals surface area contributed by atoms with Gasteiger partial charge in [0.2, 0.25) is 0 Å². The van der Waals surface area contributed by atoms with Gasteiger partial charge in [-0.1, -0.05) is 18.2 Å². The molecule has 0 N–H and O–H groups in total. The van der Waals surface area contributed by atoms with Crippen molar-refractivity contribution in [2.45, 2.75) is 0 Å². The van der Waals surface area contributed by atoms with Gasteiger partial charge in [0.05, 0.1) is 29.7 Å². The van der Waals surface area contributed by atoms with E-state index in [1.807, 2.05) is 18.2 Å². The fourth-order valence-corrected chi connectivity index (χ4v) is 2.10. The van der Waals surface area contributed by atoms with Crippen LogP contribution in [0.15, 0.2) is 66.1 Å². The predicted molar refractivity (Wildman–Crippen MR) is 77.8 cm³/mol. The maximum atomic E-state index is 12.0. The van der Waals surface area contributed by atoms with Crippen molar-refractivity contribution >= 4 is 0 Å². The Kier molecular flexibility index (Phi) is 3.27. The van der Waals surface area contributed by atoms with Gasteiger partial charge in [-0.05, 0) is 17.7 Å². The van der Waals surface area contributed by atoms with Crippen molar-refractivity contribution in [2.75, 3.05) is 0 Å². The molecule has 0 aliphatic carbocycles. The van der Waals surface area contributed by atoms with Gasteiger partial charge in [-0.25, -0.2) is 9.97 Å². The third-order valence-electron chi connectivity index (χ3n) is 3.09. The molecule has 5 heteroatoms. The smallest absolute Gasteiger partial charge is 0.255 e. The largest absolute Gasteiger partial charge is 0.281 e. The lowest BCUT2D eigenvalue weighted by atomic mass is 10.0. The van der Waals surface area contributed by atoms with Gasteiger partial charge in [0.15, 0.2) is 0 Å². The Morgan fingerprint density at radius 2 is 1.81 bits per heavy atom. The van der Waals surface area contributed by atoms with E-state index in [4.69, 9.17) is 0 Å². The molecular formula is C16H10N4O. The van der Waals surface area contributed by atoms with Gasteiger partial charge < -0.3 is 0 Å². The van der Waals surface area contributed by atoms with E-state index < -0.39 is 0 Å². The van der Waals surface area contributed by atoms with Crippen LogP contribution in [0, 0.1) is 11.3 Å². The minimum atomic E-state index is -0.178. The van der Waals surface area contributed by atoms with Crippen LogP contribution < -0.4 is 5.56 Å². The Labute approximate surface area is 120 Å². The van der Waals surface area contributed by atoms with Crippen LogP contribution >= 0.6 is 0 Å². The predicted octanol–water partition coefficient (Wildman–Crippen LogP) is 2.17. The van der Waals surface area contributed by atoms with Crippen LogP contribution in [0.4, 0.5) is 0 Å². The summed E-state index contributed by atoms with van der Waals surface area (Å²) in [5, 5.41) is 9.18. The number of aromatic nitrogens is 3. The summed E-state index contributed by atoms with van der Waals surface area (Å²) in [5.41, 5.74) is 2.54. The maximum Gasteiger partial charge on any atom is 0.255 e. The average molecular weight is 274 g/mol. The summed E-state index contributed by atoms with van der Waals surface area (Å²) in [7, 11) is 0. The third-order valence-corrected chi connectivity index (χ3v) is 3.09. The van der Waals surface area contributed by atoms with Crippen LogP contribution in [-0.4, -0.2) is 14.5 Å². The van der Waals surface area contributed by atoms with Gasteiger partial charge >= 0.3 is 0 Å². The van der Waals surface area contributed by atoms with Gasteiger partial charge in [-0.3, -0.25) is 9.36 Å². The van der Waals surface area contributed by atoms with Crippen molar-refractivity contribution in [3.8, 4) is 22.9 Å². The lowest BCUT2D eigenvalue weighted by Crippen LogP contribution is -2.16. The van der Waals surface area contributed by atoms with E-state index in [-0.39, 0.29) is 5.56 Å². The van der Waals surface area contributed by atoms with E-state index in [1.54, 1.807) is 30.7 Å². The molecule has 21 heavy (non-hydrogen) atoms. The molecule has 2 aromatic heterocycles. The van der Waals surface area contributed by atoms with E-state index in [2.05, 4.69) is 16.0 Å².